The minimum absolute atomic E-state index is 0.599. The molecule has 1 rings (SSSR count). The molecule has 78 valence electrons. The van der Waals surface area contributed by atoms with Gasteiger partial charge in [0, 0.05) is 18.1 Å². The van der Waals surface area contributed by atoms with Gasteiger partial charge in [0.15, 0.2) is 0 Å². The van der Waals surface area contributed by atoms with Gasteiger partial charge in [-0.25, -0.2) is 0 Å². The Morgan fingerprint density at radius 1 is 1.36 bits per heavy atom. The highest BCUT2D eigenvalue weighted by molar-refractivity contribution is 7.98. The van der Waals surface area contributed by atoms with Gasteiger partial charge in [0.05, 0.1) is 5.75 Å². The molecule has 0 fully saturated rings. The summed E-state index contributed by atoms with van der Waals surface area (Å²) < 4.78 is 5.57. The first-order valence-electron chi connectivity index (χ1n) is 4.73. The molecule has 1 heterocycles. The fourth-order valence-corrected chi connectivity index (χ4v) is 1.92. The zero-order valence-electron chi connectivity index (χ0n) is 8.33. The molecule has 0 saturated heterocycles. The second-order valence-corrected chi connectivity index (χ2v) is 4.20. The quantitative estimate of drug-likeness (QED) is 0.418. The maximum Gasteiger partial charge on any atom is 0.114 e. The Kier molecular flexibility index (Phi) is 5.88. The van der Waals surface area contributed by atoms with E-state index in [9.17, 15) is 0 Å². The molecule has 0 saturated carbocycles. The van der Waals surface area contributed by atoms with Crippen LogP contribution in [0.15, 0.2) is 28.7 Å². The van der Waals surface area contributed by atoms with Crippen LogP contribution in [0.25, 0.3) is 0 Å². The number of hydrogen-bond acceptors (Lipinski definition) is 2. The minimum atomic E-state index is 0.599. The van der Waals surface area contributed by atoms with Crippen molar-refractivity contribution in [3.05, 3.63) is 35.8 Å². The minimum Gasteiger partial charge on any atom is -0.465 e. The van der Waals surface area contributed by atoms with Crippen molar-refractivity contribution in [1.82, 2.24) is 0 Å². The molecule has 14 heavy (non-hydrogen) atoms. The Hall–Kier alpha value is -0.340. The van der Waals surface area contributed by atoms with Crippen molar-refractivity contribution < 1.29 is 4.42 Å². The molecule has 1 nitrogen and oxygen atoms in total. The molecule has 0 amide bonds. The van der Waals surface area contributed by atoms with Crippen LogP contribution < -0.4 is 0 Å². The van der Waals surface area contributed by atoms with Gasteiger partial charge in [-0.2, -0.15) is 0 Å². The molecule has 0 spiro atoms. The van der Waals surface area contributed by atoms with Gasteiger partial charge in [-0.05, 0) is 12.1 Å². The summed E-state index contributed by atoms with van der Waals surface area (Å²) in [6.45, 7) is 2.10. The lowest BCUT2D eigenvalue weighted by Crippen LogP contribution is -1.77. The number of furan rings is 1. The molecule has 1 aromatic heterocycles. The Morgan fingerprint density at radius 3 is 2.79 bits per heavy atom. The summed E-state index contributed by atoms with van der Waals surface area (Å²) >= 11 is 7.34. The zero-order valence-corrected chi connectivity index (χ0v) is 9.90. The van der Waals surface area contributed by atoms with Crippen molar-refractivity contribution in [2.75, 3.05) is 11.6 Å². The van der Waals surface area contributed by atoms with Crippen LogP contribution in [0, 0.1) is 0 Å². The lowest BCUT2D eigenvalue weighted by Gasteiger charge is -1.94. The lowest BCUT2D eigenvalue weighted by molar-refractivity contribution is 0.485. The smallest absolute Gasteiger partial charge is 0.114 e. The van der Waals surface area contributed by atoms with Crippen molar-refractivity contribution in [3.8, 4) is 0 Å². The Labute approximate surface area is 94.5 Å². The molecule has 0 radical (unpaired) electrons. The number of allylic oxidation sites excluding steroid dienone is 1. The summed E-state index contributed by atoms with van der Waals surface area (Å²) in [5.74, 6) is 4.66. The highest BCUT2D eigenvalue weighted by atomic mass is 35.5. The Morgan fingerprint density at radius 2 is 2.14 bits per heavy atom. The predicted molar refractivity (Wildman–Crippen MR) is 64.1 cm³/mol. The second kappa shape index (κ2) is 7.02. The van der Waals surface area contributed by atoms with E-state index in [1.165, 1.54) is 0 Å². The van der Waals surface area contributed by atoms with E-state index in [1.54, 1.807) is 0 Å². The largest absolute Gasteiger partial charge is 0.465 e. The van der Waals surface area contributed by atoms with Gasteiger partial charge in [0.25, 0.3) is 0 Å². The average Bonchev–Trinajstić information content (AvgIpc) is 2.65. The second-order valence-electron chi connectivity index (χ2n) is 2.86. The van der Waals surface area contributed by atoms with Crippen molar-refractivity contribution in [1.29, 1.82) is 0 Å². The van der Waals surface area contributed by atoms with E-state index in [-0.39, 0.29) is 0 Å². The van der Waals surface area contributed by atoms with Gasteiger partial charge >= 0.3 is 0 Å². The summed E-state index contributed by atoms with van der Waals surface area (Å²) in [4.78, 5) is 0. The van der Waals surface area contributed by atoms with Crippen LogP contribution in [0.2, 0.25) is 0 Å². The van der Waals surface area contributed by atoms with Crippen molar-refractivity contribution in [2.24, 2.45) is 0 Å². The number of aryl methyl sites for hydroxylation is 1. The summed E-state index contributed by atoms with van der Waals surface area (Å²) in [5.41, 5.74) is 0. The number of thioether (sulfide) groups is 1. The molecule has 0 atom stereocenters. The van der Waals surface area contributed by atoms with Crippen LogP contribution in [0.3, 0.4) is 0 Å². The summed E-state index contributed by atoms with van der Waals surface area (Å²) in [5, 5.41) is 0. The molecule has 0 aromatic carbocycles. The first-order valence-corrected chi connectivity index (χ1v) is 6.42. The Bertz CT molecular complexity index is 281. The Balaban J connectivity index is 2.21. The summed E-state index contributed by atoms with van der Waals surface area (Å²) in [7, 11) is 0. The summed E-state index contributed by atoms with van der Waals surface area (Å²) in [6.07, 6.45) is 5.02. The van der Waals surface area contributed by atoms with Crippen molar-refractivity contribution in [3.63, 3.8) is 0 Å². The van der Waals surface area contributed by atoms with E-state index in [1.807, 2.05) is 23.9 Å². The molecule has 0 N–H and O–H groups in total. The SMILES string of the molecule is CCc1ccc(CSC/C=C/CCl)o1. The molecule has 1 aromatic rings. The third kappa shape index (κ3) is 4.25. The van der Waals surface area contributed by atoms with Gasteiger partial charge in [-0.3, -0.25) is 0 Å². The highest BCUT2D eigenvalue weighted by Gasteiger charge is 1.98. The highest BCUT2D eigenvalue weighted by Crippen LogP contribution is 2.15. The summed E-state index contributed by atoms with van der Waals surface area (Å²) in [6, 6.07) is 4.10. The molecular formula is C11H15ClOS. The number of alkyl halides is 1. The van der Waals surface area contributed by atoms with E-state index in [4.69, 9.17) is 16.0 Å². The fourth-order valence-electron chi connectivity index (χ4n) is 1.05. The molecular weight excluding hydrogens is 216 g/mol. The molecule has 0 unspecified atom stereocenters. The van der Waals surface area contributed by atoms with Crippen LogP contribution in [-0.4, -0.2) is 11.6 Å². The van der Waals surface area contributed by atoms with Gasteiger partial charge in [-0.15, -0.1) is 23.4 Å². The van der Waals surface area contributed by atoms with Crippen LogP contribution in [-0.2, 0) is 12.2 Å². The van der Waals surface area contributed by atoms with Crippen LogP contribution in [0.1, 0.15) is 18.4 Å². The predicted octanol–water partition coefficient (Wildman–Crippen LogP) is 3.87. The van der Waals surface area contributed by atoms with Crippen molar-refractivity contribution in [2.45, 2.75) is 19.1 Å². The van der Waals surface area contributed by atoms with E-state index >= 15 is 0 Å². The van der Waals surface area contributed by atoms with Gasteiger partial charge < -0.3 is 4.42 Å². The third-order valence-corrected chi connectivity index (χ3v) is 2.87. The van der Waals surface area contributed by atoms with E-state index < -0.39 is 0 Å². The first kappa shape index (κ1) is 11.7. The molecule has 0 bridgehead atoms. The standard InChI is InChI=1S/C11H15ClOS/c1-2-10-5-6-11(13-10)9-14-8-4-3-7-12/h3-6H,2,7-9H2,1H3/b4-3+. The number of rotatable bonds is 6. The maximum atomic E-state index is 5.57. The third-order valence-electron chi connectivity index (χ3n) is 1.78. The molecule has 0 aliphatic rings. The van der Waals surface area contributed by atoms with Crippen LogP contribution >= 0.6 is 23.4 Å². The monoisotopic (exact) mass is 230 g/mol. The van der Waals surface area contributed by atoms with E-state index in [2.05, 4.69) is 19.1 Å². The number of hydrogen-bond donors (Lipinski definition) is 0. The fraction of sp³-hybridized carbons (Fsp3) is 0.455. The molecule has 0 aliphatic carbocycles. The van der Waals surface area contributed by atoms with Crippen LogP contribution in [0.5, 0.6) is 0 Å². The van der Waals surface area contributed by atoms with Gasteiger partial charge in [0.1, 0.15) is 11.5 Å². The first-order chi connectivity index (χ1) is 6.86. The van der Waals surface area contributed by atoms with Gasteiger partial charge in [0.2, 0.25) is 0 Å². The maximum absolute atomic E-state index is 5.57. The normalized spacial score (nSPS) is 11.3. The van der Waals surface area contributed by atoms with Crippen LogP contribution in [0.4, 0.5) is 0 Å². The zero-order chi connectivity index (χ0) is 10.2. The average molecular weight is 231 g/mol. The van der Waals surface area contributed by atoms with Crippen molar-refractivity contribution >= 4 is 23.4 Å². The topological polar surface area (TPSA) is 13.1 Å². The van der Waals surface area contributed by atoms with Gasteiger partial charge in [-0.1, -0.05) is 19.1 Å². The van der Waals surface area contributed by atoms with E-state index in [0.717, 1.165) is 29.4 Å². The molecule has 0 aliphatic heterocycles. The molecule has 3 heteroatoms. The lowest BCUT2D eigenvalue weighted by atomic mass is 10.4. The number of halogens is 1. The van der Waals surface area contributed by atoms with E-state index in [0.29, 0.717) is 5.88 Å².